The van der Waals surface area contributed by atoms with Gasteiger partial charge in [-0.25, -0.2) is 0 Å². The monoisotopic (exact) mass is 460 g/mol. The molecule has 0 radical (unpaired) electrons. The SMILES string of the molecule is CCCCCCC[CH2][Sn]([CH2]CCCCCCC)([CH](C)CC)[CH](C)CC. The van der Waals surface area contributed by atoms with Crippen LogP contribution in [0.2, 0.25) is 16.7 Å². The fourth-order valence-corrected chi connectivity index (χ4v) is 23.8. The Hall–Kier alpha value is 0.799. The van der Waals surface area contributed by atoms with Gasteiger partial charge in [-0.3, -0.25) is 0 Å². The van der Waals surface area contributed by atoms with Gasteiger partial charge >= 0.3 is 167 Å². The van der Waals surface area contributed by atoms with Gasteiger partial charge in [0.05, 0.1) is 0 Å². The zero-order chi connectivity index (χ0) is 19.0. The third-order valence-corrected chi connectivity index (χ3v) is 28.0. The summed E-state index contributed by atoms with van der Waals surface area (Å²) in [5.41, 5.74) is 0. The Morgan fingerprint density at radius 3 is 1.12 bits per heavy atom. The van der Waals surface area contributed by atoms with Crippen molar-refractivity contribution >= 4 is 18.4 Å². The molecule has 0 spiro atoms. The van der Waals surface area contributed by atoms with Gasteiger partial charge in [0.25, 0.3) is 0 Å². The Morgan fingerprint density at radius 2 is 0.800 bits per heavy atom. The number of unbranched alkanes of at least 4 members (excludes halogenated alkanes) is 10. The van der Waals surface area contributed by atoms with Crippen molar-refractivity contribution in [1.29, 1.82) is 0 Å². The summed E-state index contributed by atoms with van der Waals surface area (Å²) in [6, 6.07) is 0. The van der Waals surface area contributed by atoms with Gasteiger partial charge in [0, 0.05) is 0 Å². The summed E-state index contributed by atoms with van der Waals surface area (Å²) in [6.45, 7) is 14.9. The molecule has 1 heteroatoms. The van der Waals surface area contributed by atoms with Gasteiger partial charge in [0.1, 0.15) is 0 Å². The first-order chi connectivity index (χ1) is 12.1. The van der Waals surface area contributed by atoms with Crippen LogP contribution in [0.15, 0.2) is 0 Å². The van der Waals surface area contributed by atoms with Gasteiger partial charge in [-0.05, 0) is 0 Å². The van der Waals surface area contributed by atoms with Crippen LogP contribution in [0, 0.1) is 0 Å². The third-order valence-electron chi connectivity index (χ3n) is 7.18. The van der Waals surface area contributed by atoms with E-state index in [-0.39, 0.29) is 0 Å². The summed E-state index contributed by atoms with van der Waals surface area (Å²) >= 11 is -2.04. The molecule has 0 heterocycles. The van der Waals surface area contributed by atoms with E-state index in [9.17, 15) is 0 Å². The van der Waals surface area contributed by atoms with Crippen molar-refractivity contribution < 1.29 is 0 Å². The van der Waals surface area contributed by atoms with Gasteiger partial charge in [0.15, 0.2) is 0 Å². The van der Waals surface area contributed by atoms with Crippen LogP contribution in [0.1, 0.15) is 131 Å². The van der Waals surface area contributed by atoms with E-state index in [0.29, 0.717) is 0 Å². The predicted molar refractivity (Wildman–Crippen MR) is 122 cm³/mol. The van der Waals surface area contributed by atoms with Crippen molar-refractivity contribution in [3.05, 3.63) is 0 Å². The summed E-state index contributed by atoms with van der Waals surface area (Å²) in [6.07, 6.45) is 20.6. The summed E-state index contributed by atoms with van der Waals surface area (Å²) in [5, 5.41) is 0. The Labute approximate surface area is 166 Å². The van der Waals surface area contributed by atoms with Crippen LogP contribution in [0.4, 0.5) is 0 Å². The molecular weight excluding hydrogens is 407 g/mol. The molecule has 0 aromatic rings. The molecule has 0 aromatic carbocycles. The fourth-order valence-electron chi connectivity index (χ4n) is 4.88. The standard InChI is InChI=1S/2C8H17.2C4H9.Sn/c2*1-3-5-7-8-6-4-2;2*1-3-4-2;/h2*1,3-8H2,2H3;2*3H,4H2,1-2H3;. The van der Waals surface area contributed by atoms with E-state index in [1.54, 1.807) is 21.7 Å². The van der Waals surface area contributed by atoms with E-state index in [2.05, 4.69) is 41.5 Å². The van der Waals surface area contributed by atoms with Gasteiger partial charge in [-0.2, -0.15) is 0 Å². The molecule has 0 saturated heterocycles. The zero-order valence-electron chi connectivity index (χ0n) is 19.0. The van der Waals surface area contributed by atoms with Crippen molar-refractivity contribution in [3.63, 3.8) is 0 Å². The minimum absolute atomic E-state index is 1.09. The fraction of sp³-hybridized carbons (Fsp3) is 1.00. The second kappa shape index (κ2) is 16.9. The van der Waals surface area contributed by atoms with Crippen molar-refractivity contribution in [2.24, 2.45) is 0 Å². The second-order valence-electron chi connectivity index (χ2n) is 8.89. The zero-order valence-corrected chi connectivity index (χ0v) is 21.8. The van der Waals surface area contributed by atoms with E-state index >= 15 is 0 Å². The van der Waals surface area contributed by atoms with E-state index < -0.39 is 18.4 Å². The quantitative estimate of drug-likeness (QED) is 0.141. The second-order valence-corrected chi connectivity index (χ2v) is 24.4. The Bertz CT molecular complexity index is 245. The molecule has 0 aliphatic rings. The number of hydrogen-bond acceptors (Lipinski definition) is 0. The summed E-state index contributed by atoms with van der Waals surface area (Å²) < 4.78 is 5.57. The molecule has 152 valence electrons. The van der Waals surface area contributed by atoms with Crippen molar-refractivity contribution in [3.8, 4) is 0 Å². The molecule has 0 aliphatic carbocycles. The summed E-state index contributed by atoms with van der Waals surface area (Å²) in [5.74, 6) is 0. The number of hydrogen-bond donors (Lipinski definition) is 0. The molecule has 0 nitrogen and oxygen atoms in total. The van der Waals surface area contributed by atoms with Crippen LogP contribution in [0.5, 0.6) is 0 Å². The van der Waals surface area contributed by atoms with Crippen LogP contribution in [0.3, 0.4) is 0 Å². The topological polar surface area (TPSA) is 0 Å². The van der Waals surface area contributed by atoms with Crippen molar-refractivity contribution in [2.45, 2.75) is 148 Å². The van der Waals surface area contributed by atoms with Crippen LogP contribution in [-0.4, -0.2) is 18.4 Å². The average molecular weight is 459 g/mol. The molecular formula is C24H52Sn. The molecule has 0 N–H and O–H groups in total. The van der Waals surface area contributed by atoms with Gasteiger partial charge in [0.2, 0.25) is 0 Å². The molecule has 25 heavy (non-hydrogen) atoms. The Morgan fingerprint density at radius 1 is 0.480 bits per heavy atom. The van der Waals surface area contributed by atoms with Gasteiger partial charge in [-0.1, -0.05) is 0 Å². The molecule has 0 saturated carbocycles. The first-order valence-corrected chi connectivity index (χ1v) is 19.4. The van der Waals surface area contributed by atoms with E-state index in [0.717, 1.165) is 7.87 Å². The maximum atomic E-state index is 2.65. The maximum absolute atomic E-state index is 2.65. The van der Waals surface area contributed by atoms with Gasteiger partial charge < -0.3 is 0 Å². The number of rotatable bonds is 18. The predicted octanol–water partition coefficient (Wildman–Crippen LogP) is 9.76. The normalized spacial score (nSPS) is 14.6. The molecule has 0 fully saturated rings. The molecule has 0 rings (SSSR count). The molecule has 0 aliphatic heterocycles. The van der Waals surface area contributed by atoms with Crippen molar-refractivity contribution in [1.82, 2.24) is 0 Å². The first-order valence-electron chi connectivity index (χ1n) is 12.1. The first kappa shape index (κ1) is 25.8. The molecule has 2 unspecified atom stereocenters. The van der Waals surface area contributed by atoms with Crippen LogP contribution in [0.25, 0.3) is 0 Å². The Balaban J connectivity index is 4.59. The average Bonchev–Trinajstić information content (AvgIpc) is 2.64. The summed E-state index contributed by atoms with van der Waals surface area (Å²) in [4.78, 5) is 0. The molecule has 0 amide bonds. The van der Waals surface area contributed by atoms with Gasteiger partial charge in [-0.15, -0.1) is 0 Å². The molecule has 0 bridgehead atoms. The third kappa shape index (κ3) is 10.6. The van der Waals surface area contributed by atoms with Crippen LogP contribution >= 0.6 is 0 Å². The molecule has 2 atom stereocenters. The van der Waals surface area contributed by atoms with E-state index in [1.807, 2.05) is 0 Å². The Kier molecular flexibility index (Phi) is 17.5. The van der Waals surface area contributed by atoms with E-state index in [1.165, 1.54) is 77.0 Å². The van der Waals surface area contributed by atoms with Crippen molar-refractivity contribution in [2.75, 3.05) is 0 Å². The molecule has 0 aromatic heterocycles. The van der Waals surface area contributed by atoms with Crippen LogP contribution in [-0.2, 0) is 0 Å². The minimum atomic E-state index is -2.04. The van der Waals surface area contributed by atoms with E-state index in [4.69, 9.17) is 0 Å². The van der Waals surface area contributed by atoms with Crippen LogP contribution < -0.4 is 0 Å². The summed E-state index contributed by atoms with van der Waals surface area (Å²) in [7, 11) is 0.